The molecule has 0 amide bonds. The maximum atomic E-state index is 11.2. The summed E-state index contributed by atoms with van der Waals surface area (Å²) >= 11 is 0. The van der Waals surface area contributed by atoms with Crippen molar-refractivity contribution in [3.8, 4) is 0 Å². The van der Waals surface area contributed by atoms with Crippen molar-refractivity contribution < 1.29 is 4.79 Å². The van der Waals surface area contributed by atoms with Crippen molar-refractivity contribution in [1.82, 2.24) is 0 Å². The number of piperidine rings is 1. The standard InChI is InChI=1S/C13H15NO/c1-9(15)13-11-7-14(8-12(11)13)10-5-3-2-4-6-10/h2-6,11-13H,7-8H2,1H3/t11-,12+,13?. The molecule has 0 bridgehead atoms. The lowest BCUT2D eigenvalue weighted by Gasteiger charge is -2.21. The number of benzene rings is 1. The van der Waals surface area contributed by atoms with Crippen molar-refractivity contribution in [2.45, 2.75) is 6.92 Å². The first-order valence-electron chi connectivity index (χ1n) is 5.58. The van der Waals surface area contributed by atoms with Crippen LogP contribution in [0.3, 0.4) is 0 Å². The fraction of sp³-hybridized carbons (Fsp3) is 0.462. The van der Waals surface area contributed by atoms with Crippen molar-refractivity contribution >= 4 is 11.5 Å². The van der Waals surface area contributed by atoms with Gasteiger partial charge in [-0.05, 0) is 30.9 Å². The largest absolute Gasteiger partial charge is 0.371 e. The highest BCUT2D eigenvalue weighted by Gasteiger charge is 2.57. The molecule has 1 saturated carbocycles. The number of carbonyl (C=O) groups excluding carboxylic acids is 1. The van der Waals surface area contributed by atoms with Crippen LogP contribution in [0.5, 0.6) is 0 Å². The molecule has 2 aliphatic rings. The molecule has 0 spiro atoms. The van der Waals surface area contributed by atoms with Crippen molar-refractivity contribution in [3.63, 3.8) is 0 Å². The van der Waals surface area contributed by atoms with Crippen molar-refractivity contribution in [2.24, 2.45) is 17.8 Å². The Labute approximate surface area is 89.9 Å². The van der Waals surface area contributed by atoms with Gasteiger partial charge < -0.3 is 4.90 Å². The Morgan fingerprint density at radius 1 is 1.20 bits per heavy atom. The zero-order chi connectivity index (χ0) is 10.4. The monoisotopic (exact) mass is 201 g/mol. The average molecular weight is 201 g/mol. The fourth-order valence-electron chi connectivity index (χ4n) is 2.98. The van der Waals surface area contributed by atoms with E-state index in [1.807, 2.05) is 6.07 Å². The highest BCUT2D eigenvalue weighted by atomic mass is 16.1. The van der Waals surface area contributed by atoms with Gasteiger partial charge in [0.05, 0.1) is 0 Å². The third-order valence-electron chi connectivity index (χ3n) is 3.78. The van der Waals surface area contributed by atoms with Gasteiger partial charge in [-0.25, -0.2) is 0 Å². The van der Waals surface area contributed by atoms with Crippen LogP contribution in [0.15, 0.2) is 30.3 Å². The molecule has 0 aromatic heterocycles. The molecule has 1 aliphatic carbocycles. The van der Waals surface area contributed by atoms with Crippen LogP contribution in [0.25, 0.3) is 0 Å². The van der Waals surface area contributed by atoms with E-state index < -0.39 is 0 Å². The molecule has 1 heterocycles. The van der Waals surface area contributed by atoms with E-state index in [1.165, 1.54) is 5.69 Å². The van der Waals surface area contributed by atoms with E-state index in [4.69, 9.17) is 0 Å². The van der Waals surface area contributed by atoms with Gasteiger partial charge in [0.1, 0.15) is 5.78 Å². The molecule has 2 nitrogen and oxygen atoms in total. The smallest absolute Gasteiger partial charge is 0.133 e. The van der Waals surface area contributed by atoms with Gasteiger partial charge in [0.2, 0.25) is 0 Å². The van der Waals surface area contributed by atoms with Gasteiger partial charge in [0.25, 0.3) is 0 Å². The Hall–Kier alpha value is -1.31. The first-order chi connectivity index (χ1) is 7.27. The Kier molecular flexibility index (Phi) is 1.84. The number of hydrogen-bond acceptors (Lipinski definition) is 2. The molecular weight excluding hydrogens is 186 g/mol. The molecule has 1 aliphatic heterocycles. The first kappa shape index (κ1) is 8.96. The normalized spacial score (nSPS) is 32.6. The average Bonchev–Trinajstić information content (AvgIpc) is 2.77. The predicted molar refractivity (Wildman–Crippen MR) is 59.8 cm³/mol. The quantitative estimate of drug-likeness (QED) is 0.729. The second-order valence-corrected chi connectivity index (χ2v) is 4.70. The van der Waals surface area contributed by atoms with Crippen LogP contribution in [0.4, 0.5) is 5.69 Å². The van der Waals surface area contributed by atoms with E-state index in [0.717, 1.165) is 13.1 Å². The number of hydrogen-bond donors (Lipinski definition) is 0. The molecular formula is C13H15NO. The number of rotatable bonds is 2. The van der Waals surface area contributed by atoms with Crippen LogP contribution < -0.4 is 4.90 Å². The third-order valence-corrected chi connectivity index (χ3v) is 3.78. The summed E-state index contributed by atoms with van der Waals surface area (Å²) in [5, 5.41) is 0. The molecule has 78 valence electrons. The van der Waals surface area contributed by atoms with Gasteiger partial charge in [-0.2, -0.15) is 0 Å². The number of para-hydroxylation sites is 1. The number of nitrogens with zero attached hydrogens (tertiary/aromatic N) is 1. The van der Waals surface area contributed by atoms with Crippen LogP contribution in [-0.2, 0) is 4.79 Å². The zero-order valence-corrected chi connectivity index (χ0v) is 8.89. The number of fused-ring (bicyclic) bond motifs is 1. The second kappa shape index (κ2) is 3.09. The summed E-state index contributed by atoms with van der Waals surface area (Å²) in [6.45, 7) is 3.87. The van der Waals surface area contributed by atoms with E-state index >= 15 is 0 Å². The Morgan fingerprint density at radius 2 is 1.80 bits per heavy atom. The Bertz CT molecular complexity index is 375. The predicted octanol–water partition coefficient (Wildman–Crippen LogP) is 1.96. The Balaban J connectivity index is 1.70. The molecule has 3 atom stereocenters. The van der Waals surface area contributed by atoms with Gasteiger partial charge in [0, 0.05) is 24.7 Å². The third kappa shape index (κ3) is 1.36. The van der Waals surface area contributed by atoms with Crippen LogP contribution in [0.2, 0.25) is 0 Å². The maximum absolute atomic E-state index is 11.2. The minimum atomic E-state index is 0.380. The highest BCUT2D eigenvalue weighted by molar-refractivity contribution is 5.82. The van der Waals surface area contributed by atoms with E-state index in [2.05, 4.69) is 29.2 Å². The number of ketones is 1. The summed E-state index contributed by atoms with van der Waals surface area (Å²) in [6, 6.07) is 10.5. The molecule has 0 N–H and O–H groups in total. The van der Waals surface area contributed by atoms with E-state index in [1.54, 1.807) is 6.92 Å². The zero-order valence-electron chi connectivity index (χ0n) is 8.89. The minimum Gasteiger partial charge on any atom is -0.371 e. The summed E-state index contributed by atoms with van der Waals surface area (Å²) < 4.78 is 0. The lowest BCUT2D eigenvalue weighted by molar-refractivity contribution is -0.118. The number of anilines is 1. The molecule has 1 aromatic rings. The summed E-state index contributed by atoms with van der Waals surface area (Å²) in [5.41, 5.74) is 1.30. The van der Waals surface area contributed by atoms with Crippen molar-refractivity contribution in [1.29, 1.82) is 0 Å². The fourth-order valence-corrected chi connectivity index (χ4v) is 2.98. The summed E-state index contributed by atoms with van der Waals surface area (Å²) in [6.07, 6.45) is 0. The SMILES string of the molecule is CC(=O)C1[C@H]2CN(c3ccccc3)C[C@@H]12. The van der Waals surface area contributed by atoms with E-state index in [-0.39, 0.29) is 0 Å². The molecule has 1 aromatic carbocycles. The molecule has 0 radical (unpaired) electrons. The summed E-state index contributed by atoms with van der Waals surface area (Å²) in [4.78, 5) is 13.6. The molecule has 1 saturated heterocycles. The Morgan fingerprint density at radius 3 is 2.33 bits per heavy atom. The first-order valence-corrected chi connectivity index (χ1v) is 5.58. The van der Waals surface area contributed by atoms with Gasteiger partial charge in [-0.1, -0.05) is 18.2 Å². The van der Waals surface area contributed by atoms with Gasteiger partial charge in [-0.3, -0.25) is 4.79 Å². The lowest BCUT2D eigenvalue weighted by atomic mass is 10.2. The summed E-state index contributed by atoms with van der Waals surface area (Å²) in [7, 11) is 0. The topological polar surface area (TPSA) is 20.3 Å². The molecule has 3 rings (SSSR count). The minimum absolute atomic E-state index is 0.380. The lowest BCUT2D eigenvalue weighted by Crippen LogP contribution is -2.25. The van der Waals surface area contributed by atoms with Crippen LogP contribution in [-0.4, -0.2) is 18.9 Å². The highest BCUT2D eigenvalue weighted by Crippen LogP contribution is 2.52. The van der Waals surface area contributed by atoms with Gasteiger partial charge in [0.15, 0.2) is 0 Å². The van der Waals surface area contributed by atoms with Crippen LogP contribution in [0.1, 0.15) is 6.92 Å². The molecule has 2 heteroatoms. The van der Waals surface area contributed by atoms with Crippen LogP contribution in [0, 0.1) is 17.8 Å². The van der Waals surface area contributed by atoms with Crippen LogP contribution >= 0.6 is 0 Å². The van der Waals surface area contributed by atoms with Gasteiger partial charge in [-0.15, -0.1) is 0 Å². The summed E-state index contributed by atoms with van der Waals surface area (Å²) in [5.74, 6) is 2.05. The molecule has 1 unspecified atom stereocenters. The molecule has 15 heavy (non-hydrogen) atoms. The van der Waals surface area contributed by atoms with Crippen molar-refractivity contribution in [3.05, 3.63) is 30.3 Å². The van der Waals surface area contributed by atoms with Crippen molar-refractivity contribution in [2.75, 3.05) is 18.0 Å². The maximum Gasteiger partial charge on any atom is 0.133 e. The number of carbonyl (C=O) groups is 1. The van der Waals surface area contributed by atoms with E-state index in [0.29, 0.717) is 23.5 Å². The van der Waals surface area contributed by atoms with Gasteiger partial charge >= 0.3 is 0 Å². The number of Topliss-reactive ketones (excluding diaryl/α,β-unsaturated/α-hetero) is 1. The van der Waals surface area contributed by atoms with E-state index in [9.17, 15) is 4.79 Å². The second-order valence-electron chi connectivity index (χ2n) is 4.70. The molecule has 2 fully saturated rings.